The Morgan fingerprint density at radius 3 is 2.15 bits per heavy atom. The summed E-state index contributed by atoms with van der Waals surface area (Å²) in [6.07, 6.45) is 1.76. The zero-order valence-corrected chi connectivity index (χ0v) is 19.9. The SMILES string of the molecule is CCN(CC)C(=O)[C@@H](NC(=O)c1ccc(C)cc1)C1CCN(C(=O)Cc2ccccc2)CC1. The van der Waals surface area contributed by atoms with Crippen LogP contribution in [0.25, 0.3) is 0 Å². The van der Waals surface area contributed by atoms with E-state index in [4.69, 9.17) is 0 Å². The molecule has 2 aromatic carbocycles. The number of piperidine rings is 1. The van der Waals surface area contributed by atoms with Crippen LogP contribution in [-0.2, 0) is 16.0 Å². The molecular weight excluding hydrogens is 414 g/mol. The molecule has 1 aliphatic heterocycles. The lowest BCUT2D eigenvalue weighted by Crippen LogP contribution is -2.54. The number of likely N-dealkylation sites (tertiary alicyclic amines) is 1. The van der Waals surface area contributed by atoms with Crippen molar-refractivity contribution in [1.82, 2.24) is 15.1 Å². The first-order valence-electron chi connectivity index (χ1n) is 11.9. The number of nitrogens with zero attached hydrogens (tertiary/aromatic N) is 2. The van der Waals surface area contributed by atoms with E-state index in [0.717, 1.165) is 11.1 Å². The van der Waals surface area contributed by atoms with Gasteiger partial charge in [0.2, 0.25) is 11.8 Å². The van der Waals surface area contributed by atoms with Gasteiger partial charge in [-0.25, -0.2) is 0 Å². The zero-order chi connectivity index (χ0) is 23.8. The number of carbonyl (C=O) groups is 3. The van der Waals surface area contributed by atoms with Crippen molar-refractivity contribution in [1.29, 1.82) is 0 Å². The van der Waals surface area contributed by atoms with E-state index >= 15 is 0 Å². The van der Waals surface area contributed by atoms with Gasteiger partial charge < -0.3 is 15.1 Å². The van der Waals surface area contributed by atoms with Crippen LogP contribution >= 0.6 is 0 Å². The first-order valence-corrected chi connectivity index (χ1v) is 11.9. The topological polar surface area (TPSA) is 69.7 Å². The number of likely N-dealkylation sites (N-methyl/N-ethyl adjacent to an activating group) is 1. The highest BCUT2D eigenvalue weighted by molar-refractivity contribution is 5.97. The summed E-state index contributed by atoms with van der Waals surface area (Å²) >= 11 is 0. The lowest BCUT2D eigenvalue weighted by Gasteiger charge is -2.37. The molecule has 6 nitrogen and oxygen atoms in total. The van der Waals surface area contributed by atoms with Gasteiger partial charge in [-0.2, -0.15) is 0 Å². The highest BCUT2D eigenvalue weighted by Gasteiger charge is 2.35. The predicted molar refractivity (Wildman–Crippen MR) is 130 cm³/mol. The van der Waals surface area contributed by atoms with Gasteiger partial charge >= 0.3 is 0 Å². The molecule has 6 heteroatoms. The van der Waals surface area contributed by atoms with Crippen molar-refractivity contribution in [3.05, 3.63) is 71.3 Å². The Hall–Kier alpha value is -3.15. The van der Waals surface area contributed by atoms with Gasteiger partial charge in [-0.1, -0.05) is 48.0 Å². The Labute approximate surface area is 197 Å². The summed E-state index contributed by atoms with van der Waals surface area (Å²) in [4.78, 5) is 42.7. The summed E-state index contributed by atoms with van der Waals surface area (Å²) in [6.45, 7) is 8.26. The number of benzene rings is 2. The van der Waals surface area contributed by atoms with Crippen LogP contribution < -0.4 is 5.32 Å². The van der Waals surface area contributed by atoms with Crippen LogP contribution in [0.5, 0.6) is 0 Å². The molecule has 0 radical (unpaired) electrons. The molecule has 0 saturated carbocycles. The fraction of sp³-hybridized carbons (Fsp3) is 0.444. The molecule has 0 bridgehead atoms. The second kappa shape index (κ2) is 11.6. The minimum absolute atomic E-state index is 0.00623. The van der Waals surface area contributed by atoms with Crippen molar-refractivity contribution in [3.63, 3.8) is 0 Å². The van der Waals surface area contributed by atoms with E-state index in [1.807, 2.05) is 68.1 Å². The number of aryl methyl sites for hydroxylation is 1. The van der Waals surface area contributed by atoms with Crippen molar-refractivity contribution >= 4 is 17.7 Å². The monoisotopic (exact) mass is 449 g/mol. The van der Waals surface area contributed by atoms with Gasteiger partial charge in [0.1, 0.15) is 6.04 Å². The van der Waals surface area contributed by atoms with Crippen LogP contribution in [0.1, 0.15) is 48.2 Å². The standard InChI is InChI=1S/C27H35N3O3/c1-4-29(5-2)27(33)25(28-26(32)23-13-11-20(3)12-14-23)22-15-17-30(18-16-22)24(31)19-21-9-7-6-8-10-21/h6-14,22,25H,4-5,15-19H2,1-3H3,(H,28,32)/t25-/m0/s1. The van der Waals surface area contributed by atoms with Gasteiger partial charge in [0.15, 0.2) is 0 Å². The number of hydrogen-bond donors (Lipinski definition) is 1. The van der Waals surface area contributed by atoms with E-state index in [2.05, 4.69) is 5.32 Å². The fourth-order valence-electron chi connectivity index (χ4n) is 4.41. The van der Waals surface area contributed by atoms with Crippen LogP contribution in [0.3, 0.4) is 0 Å². The Bertz CT molecular complexity index is 931. The molecule has 176 valence electrons. The van der Waals surface area contributed by atoms with Crippen LogP contribution in [-0.4, -0.2) is 59.7 Å². The highest BCUT2D eigenvalue weighted by atomic mass is 16.2. The van der Waals surface area contributed by atoms with E-state index < -0.39 is 6.04 Å². The summed E-state index contributed by atoms with van der Waals surface area (Å²) in [6, 6.07) is 16.5. The fourth-order valence-corrected chi connectivity index (χ4v) is 4.41. The van der Waals surface area contributed by atoms with Gasteiger partial charge in [0.25, 0.3) is 5.91 Å². The summed E-state index contributed by atoms with van der Waals surface area (Å²) in [7, 11) is 0. The van der Waals surface area contributed by atoms with E-state index in [1.165, 1.54) is 0 Å². The average molecular weight is 450 g/mol. The third kappa shape index (κ3) is 6.44. The molecule has 1 saturated heterocycles. The molecule has 3 amide bonds. The van der Waals surface area contributed by atoms with Crippen molar-refractivity contribution in [3.8, 4) is 0 Å². The van der Waals surface area contributed by atoms with Gasteiger partial charge in [0.05, 0.1) is 6.42 Å². The maximum Gasteiger partial charge on any atom is 0.251 e. The molecule has 1 aliphatic rings. The highest BCUT2D eigenvalue weighted by Crippen LogP contribution is 2.23. The third-order valence-electron chi connectivity index (χ3n) is 6.50. The van der Waals surface area contributed by atoms with Crippen molar-refractivity contribution in [2.24, 2.45) is 5.92 Å². The molecule has 0 aromatic heterocycles. The second-order valence-electron chi connectivity index (χ2n) is 8.71. The maximum atomic E-state index is 13.3. The second-order valence-corrected chi connectivity index (χ2v) is 8.71. The molecule has 0 aliphatic carbocycles. The third-order valence-corrected chi connectivity index (χ3v) is 6.50. The minimum atomic E-state index is -0.593. The van der Waals surface area contributed by atoms with Crippen LogP contribution in [0.4, 0.5) is 0 Å². The normalized spacial score (nSPS) is 15.1. The summed E-state index contributed by atoms with van der Waals surface area (Å²) in [5.74, 6) is -0.180. The first-order chi connectivity index (χ1) is 15.9. The molecular formula is C27H35N3O3. The molecule has 1 fully saturated rings. The van der Waals surface area contributed by atoms with Crippen molar-refractivity contribution in [2.45, 2.75) is 46.1 Å². The molecule has 3 rings (SSSR count). The quantitative estimate of drug-likeness (QED) is 0.671. The Balaban J connectivity index is 1.67. The van der Waals surface area contributed by atoms with E-state index in [0.29, 0.717) is 51.0 Å². The molecule has 0 spiro atoms. The molecule has 1 atom stereocenters. The lowest BCUT2D eigenvalue weighted by molar-refractivity contribution is -0.135. The number of carbonyl (C=O) groups excluding carboxylic acids is 3. The van der Waals surface area contributed by atoms with Gasteiger partial charge in [-0.05, 0) is 57.2 Å². The Morgan fingerprint density at radius 2 is 1.58 bits per heavy atom. The molecule has 1 heterocycles. The smallest absolute Gasteiger partial charge is 0.251 e. The van der Waals surface area contributed by atoms with Crippen molar-refractivity contribution in [2.75, 3.05) is 26.2 Å². The molecule has 2 aromatic rings. The number of rotatable bonds is 8. The largest absolute Gasteiger partial charge is 0.342 e. The summed E-state index contributed by atoms with van der Waals surface area (Å²) in [5, 5.41) is 3.02. The summed E-state index contributed by atoms with van der Waals surface area (Å²) < 4.78 is 0. The van der Waals surface area contributed by atoms with E-state index in [9.17, 15) is 14.4 Å². The van der Waals surface area contributed by atoms with Crippen LogP contribution in [0.2, 0.25) is 0 Å². The Kier molecular flexibility index (Phi) is 8.64. The maximum absolute atomic E-state index is 13.3. The molecule has 0 unspecified atom stereocenters. The number of hydrogen-bond acceptors (Lipinski definition) is 3. The van der Waals surface area contributed by atoms with E-state index in [1.54, 1.807) is 17.0 Å². The lowest BCUT2D eigenvalue weighted by atomic mass is 9.87. The predicted octanol–water partition coefficient (Wildman–Crippen LogP) is 3.44. The van der Waals surface area contributed by atoms with Crippen molar-refractivity contribution < 1.29 is 14.4 Å². The van der Waals surface area contributed by atoms with Gasteiger partial charge in [-0.3, -0.25) is 14.4 Å². The molecule has 1 N–H and O–H groups in total. The minimum Gasteiger partial charge on any atom is -0.342 e. The molecule has 33 heavy (non-hydrogen) atoms. The van der Waals surface area contributed by atoms with Gasteiger partial charge in [0, 0.05) is 31.7 Å². The number of nitrogens with one attached hydrogen (secondary N) is 1. The van der Waals surface area contributed by atoms with Crippen LogP contribution in [0.15, 0.2) is 54.6 Å². The number of amides is 3. The van der Waals surface area contributed by atoms with E-state index in [-0.39, 0.29) is 23.6 Å². The Morgan fingerprint density at radius 1 is 0.970 bits per heavy atom. The summed E-state index contributed by atoms with van der Waals surface area (Å²) in [5.41, 5.74) is 2.63. The average Bonchev–Trinajstić information content (AvgIpc) is 2.84. The first kappa shape index (κ1) is 24.5. The zero-order valence-electron chi connectivity index (χ0n) is 19.9. The van der Waals surface area contributed by atoms with Gasteiger partial charge in [-0.15, -0.1) is 0 Å². The van der Waals surface area contributed by atoms with Crippen LogP contribution in [0, 0.1) is 12.8 Å².